The maximum atomic E-state index is 12.3. The molecule has 21 heavy (non-hydrogen) atoms. The Labute approximate surface area is 126 Å². The van der Waals surface area contributed by atoms with E-state index in [0.717, 1.165) is 0 Å². The number of hydrogen-bond acceptors (Lipinski definition) is 2. The summed E-state index contributed by atoms with van der Waals surface area (Å²) in [6.07, 6.45) is -0.861. The van der Waals surface area contributed by atoms with Crippen molar-refractivity contribution in [2.24, 2.45) is 40.9 Å². The Morgan fingerprint density at radius 3 is 2.00 bits per heavy atom. The Hall–Kier alpha value is -0.620. The SMILES string of the molecule is C[C@H](NS(=O)C(C)(C)C)C12C3C4C1C1C2C3C41NC(=O)O. The van der Waals surface area contributed by atoms with E-state index in [-0.39, 0.29) is 16.3 Å². The van der Waals surface area contributed by atoms with E-state index in [2.05, 4.69) is 17.0 Å². The monoisotopic (exact) mass is 310 g/mol. The highest BCUT2D eigenvalue weighted by molar-refractivity contribution is 7.84. The molecule has 6 heteroatoms. The van der Waals surface area contributed by atoms with Crippen LogP contribution in [0.3, 0.4) is 0 Å². The molecule has 3 N–H and O–H groups in total. The average Bonchev–Trinajstić information content (AvgIpc) is 2.37. The minimum absolute atomic E-state index is 0.0313. The van der Waals surface area contributed by atoms with Crippen LogP contribution in [0.25, 0.3) is 0 Å². The Morgan fingerprint density at radius 2 is 1.62 bits per heavy atom. The molecule has 0 spiro atoms. The van der Waals surface area contributed by atoms with Crippen LogP contribution in [-0.4, -0.2) is 31.7 Å². The summed E-state index contributed by atoms with van der Waals surface area (Å²) in [5, 5.41) is 11.9. The van der Waals surface area contributed by atoms with Gasteiger partial charge < -0.3 is 10.4 Å². The lowest BCUT2D eigenvalue weighted by Gasteiger charge is -3.11. The third-order valence-electron chi connectivity index (χ3n) is 7.62. The van der Waals surface area contributed by atoms with E-state index in [4.69, 9.17) is 5.11 Å². The molecule has 6 aliphatic carbocycles. The van der Waals surface area contributed by atoms with Crippen LogP contribution < -0.4 is 10.0 Å². The molecular formula is C15H22N2O3S. The molecule has 0 radical (unpaired) electrons. The summed E-state index contributed by atoms with van der Waals surface area (Å²) in [5.41, 5.74) is 0.319. The Balaban J connectivity index is 1.33. The van der Waals surface area contributed by atoms with Gasteiger partial charge in [-0.25, -0.2) is 13.7 Å². The normalized spacial score (nSPS) is 59.2. The van der Waals surface area contributed by atoms with E-state index in [9.17, 15) is 9.00 Å². The quantitative estimate of drug-likeness (QED) is 0.730. The summed E-state index contributed by atoms with van der Waals surface area (Å²) < 4.78 is 15.4. The van der Waals surface area contributed by atoms with Gasteiger partial charge in [-0.3, -0.25) is 0 Å². The number of nitrogens with one attached hydrogen (secondary N) is 2. The summed E-state index contributed by atoms with van der Waals surface area (Å²) in [5.74, 6) is 3.80. The van der Waals surface area contributed by atoms with E-state index in [1.807, 2.05) is 20.8 Å². The number of amides is 1. The molecule has 2 atom stereocenters. The second kappa shape index (κ2) is 3.04. The highest BCUT2D eigenvalue weighted by atomic mass is 32.2. The lowest BCUT2D eigenvalue weighted by Crippen LogP contribution is -3.16. The van der Waals surface area contributed by atoms with Crippen LogP contribution in [0.2, 0.25) is 0 Å². The molecule has 6 fully saturated rings. The molecule has 0 aromatic heterocycles. The minimum Gasteiger partial charge on any atom is -0.465 e. The highest BCUT2D eigenvalue weighted by Crippen LogP contribution is 3.07. The molecule has 0 aliphatic heterocycles. The standard InChI is InChI=1S/C15H22N2O3S/c1-5(17-21(20)13(2,3)4)14-6-9-7(14)11-8(14)10(6)15(9,11)16-12(18)19/h5-11,16-17H,1-4H3,(H,18,19)/t5-,6?,7?,8?,9?,10?,11?,14?,15?,21?/m0/s1. The predicted octanol–water partition coefficient (Wildman–Crippen LogP) is 1.18. The molecule has 5 nitrogen and oxygen atoms in total. The van der Waals surface area contributed by atoms with Crippen LogP contribution in [0.4, 0.5) is 4.79 Å². The van der Waals surface area contributed by atoms with Gasteiger partial charge in [-0.05, 0) is 68.6 Å². The van der Waals surface area contributed by atoms with E-state index < -0.39 is 17.1 Å². The molecule has 1 amide bonds. The van der Waals surface area contributed by atoms with Crippen molar-refractivity contribution in [3.8, 4) is 0 Å². The Kier molecular flexibility index (Phi) is 1.87. The molecule has 0 saturated heterocycles. The van der Waals surface area contributed by atoms with Gasteiger partial charge in [0, 0.05) is 6.04 Å². The molecule has 0 heterocycles. The predicted molar refractivity (Wildman–Crippen MR) is 77.8 cm³/mol. The molecule has 116 valence electrons. The van der Waals surface area contributed by atoms with Gasteiger partial charge in [0.2, 0.25) is 0 Å². The lowest BCUT2D eigenvalue weighted by molar-refractivity contribution is -0.628. The summed E-state index contributed by atoms with van der Waals surface area (Å²) in [4.78, 5) is 11.0. The van der Waals surface area contributed by atoms with E-state index in [0.29, 0.717) is 40.9 Å². The van der Waals surface area contributed by atoms with Gasteiger partial charge in [0.25, 0.3) is 0 Å². The van der Waals surface area contributed by atoms with Gasteiger partial charge in [-0.15, -0.1) is 0 Å². The first-order chi connectivity index (χ1) is 9.70. The van der Waals surface area contributed by atoms with Crippen LogP contribution in [0.15, 0.2) is 0 Å². The maximum absolute atomic E-state index is 12.3. The van der Waals surface area contributed by atoms with Crippen LogP contribution in [0.1, 0.15) is 27.7 Å². The van der Waals surface area contributed by atoms with E-state index in [1.165, 1.54) is 0 Å². The third-order valence-corrected chi connectivity index (χ3v) is 9.30. The molecule has 0 aromatic rings. The van der Waals surface area contributed by atoms with Gasteiger partial charge in [0.1, 0.15) is 0 Å². The number of rotatable bonds is 4. The van der Waals surface area contributed by atoms with Crippen LogP contribution in [0, 0.1) is 40.9 Å². The van der Waals surface area contributed by atoms with Crippen molar-refractivity contribution in [1.29, 1.82) is 0 Å². The lowest BCUT2D eigenvalue weighted by atomic mass is 8.93. The topological polar surface area (TPSA) is 78.4 Å². The van der Waals surface area contributed by atoms with E-state index in [1.54, 1.807) is 0 Å². The number of carboxylic acid groups (broad SMARTS) is 1. The Bertz CT molecular complexity index is 557. The highest BCUT2D eigenvalue weighted by Gasteiger charge is 3.10. The van der Waals surface area contributed by atoms with Crippen LogP contribution >= 0.6 is 0 Å². The van der Waals surface area contributed by atoms with E-state index >= 15 is 0 Å². The van der Waals surface area contributed by atoms with Crippen molar-refractivity contribution in [3.05, 3.63) is 0 Å². The Morgan fingerprint density at radius 1 is 1.14 bits per heavy atom. The number of hydrogen-bond donors (Lipinski definition) is 3. The van der Waals surface area contributed by atoms with Crippen LogP contribution in [-0.2, 0) is 11.0 Å². The van der Waals surface area contributed by atoms with Gasteiger partial charge >= 0.3 is 6.09 Å². The molecule has 6 aliphatic rings. The summed E-state index contributed by atoms with van der Waals surface area (Å²) in [6, 6.07) is 0.282. The van der Waals surface area contributed by atoms with Crippen molar-refractivity contribution in [2.45, 2.75) is 44.0 Å². The summed E-state index contributed by atoms with van der Waals surface area (Å²) in [7, 11) is -1.02. The van der Waals surface area contributed by atoms with Crippen molar-refractivity contribution in [3.63, 3.8) is 0 Å². The smallest absolute Gasteiger partial charge is 0.405 e. The summed E-state index contributed by atoms with van der Waals surface area (Å²) in [6.45, 7) is 8.17. The van der Waals surface area contributed by atoms with Crippen molar-refractivity contribution in [2.75, 3.05) is 0 Å². The van der Waals surface area contributed by atoms with Crippen molar-refractivity contribution in [1.82, 2.24) is 10.0 Å². The fourth-order valence-electron chi connectivity index (χ4n) is 7.35. The average molecular weight is 310 g/mol. The van der Waals surface area contributed by atoms with Crippen LogP contribution in [0.5, 0.6) is 0 Å². The molecule has 0 aromatic carbocycles. The fraction of sp³-hybridized carbons (Fsp3) is 0.933. The largest absolute Gasteiger partial charge is 0.465 e. The minimum atomic E-state index is -1.02. The molecule has 6 saturated carbocycles. The zero-order chi connectivity index (χ0) is 15.1. The molecule has 1 unspecified atom stereocenters. The van der Waals surface area contributed by atoms with Gasteiger partial charge in [-0.1, -0.05) is 0 Å². The second-order valence-electron chi connectivity index (χ2n) is 8.74. The maximum Gasteiger partial charge on any atom is 0.405 e. The van der Waals surface area contributed by atoms with Crippen molar-refractivity contribution >= 4 is 17.1 Å². The first-order valence-corrected chi connectivity index (χ1v) is 9.04. The first kappa shape index (κ1) is 12.9. The fourth-order valence-corrected chi connectivity index (χ4v) is 8.23. The zero-order valence-corrected chi connectivity index (χ0v) is 13.5. The van der Waals surface area contributed by atoms with Gasteiger partial charge in [-0.2, -0.15) is 0 Å². The number of carbonyl (C=O) groups is 1. The molecular weight excluding hydrogens is 288 g/mol. The zero-order valence-electron chi connectivity index (χ0n) is 12.7. The van der Waals surface area contributed by atoms with Gasteiger partial charge in [0.15, 0.2) is 0 Å². The molecule has 0 bridgehead atoms. The van der Waals surface area contributed by atoms with Gasteiger partial charge in [0.05, 0.1) is 21.3 Å². The third kappa shape index (κ3) is 0.906. The first-order valence-electron chi connectivity index (χ1n) is 7.89. The second-order valence-corrected chi connectivity index (χ2v) is 10.7. The molecule has 6 rings (SSSR count). The summed E-state index contributed by atoms with van der Waals surface area (Å²) >= 11 is 0. The van der Waals surface area contributed by atoms with Crippen molar-refractivity contribution < 1.29 is 14.1 Å².